The number of rotatable bonds is 2. The van der Waals surface area contributed by atoms with Crippen molar-refractivity contribution in [2.24, 2.45) is 23.2 Å². The van der Waals surface area contributed by atoms with Crippen molar-refractivity contribution in [2.45, 2.75) is 27.7 Å². The third-order valence-corrected chi connectivity index (χ3v) is 3.81. The fraction of sp³-hybridized carbons (Fsp3) is 0.667. The number of carbonyl (C=O) groups is 2. The van der Waals surface area contributed by atoms with Crippen molar-refractivity contribution in [3.63, 3.8) is 0 Å². The van der Waals surface area contributed by atoms with Crippen LogP contribution in [0.15, 0.2) is 11.8 Å². The lowest BCUT2D eigenvalue weighted by Gasteiger charge is -2.18. The fourth-order valence-electron chi connectivity index (χ4n) is 2.96. The summed E-state index contributed by atoms with van der Waals surface area (Å²) in [5, 5.41) is 2.77. The van der Waals surface area contributed by atoms with Gasteiger partial charge in [0.05, 0.1) is 5.92 Å². The summed E-state index contributed by atoms with van der Waals surface area (Å²) < 4.78 is 0. The molecule has 0 spiro atoms. The number of nitrogens with one attached hydrogen (secondary N) is 1. The molecule has 0 aliphatic heterocycles. The van der Waals surface area contributed by atoms with E-state index in [2.05, 4.69) is 25.2 Å². The van der Waals surface area contributed by atoms with E-state index in [9.17, 15) is 9.59 Å². The zero-order valence-corrected chi connectivity index (χ0v) is 9.63. The molecule has 15 heavy (non-hydrogen) atoms. The second kappa shape index (κ2) is 2.94. The van der Waals surface area contributed by atoms with Gasteiger partial charge in [0.1, 0.15) is 5.78 Å². The molecule has 1 fully saturated rings. The van der Waals surface area contributed by atoms with Crippen LogP contribution in [0.3, 0.4) is 0 Å². The van der Waals surface area contributed by atoms with Crippen LogP contribution in [-0.2, 0) is 9.59 Å². The minimum atomic E-state index is -0.0911. The fourth-order valence-corrected chi connectivity index (χ4v) is 2.96. The standard InChI is InChI=1S/C12H17NO2/c1-6(14)10-9(13-7(2)15)5-8-11(10)12(8,3)4/h5,8,10-11H,1-4H3,(H,13,15)/t8-,10-,11-/m1/s1. The van der Waals surface area contributed by atoms with Crippen LogP contribution in [0, 0.1) is 23.2 Å². The van der Waals surface area contributed by atoms with Crippen LogP contribution in [0.5, 0.6) is 0 Å². The highest BCUT2D eigenvalue weighted by Crippen LogP contribution is 2.67. The van der Waals surface area contributed by atoms with Crippen LogP contribution in [0.1, 0.15) is 27.7 Å². The van der Waals surface area contributed by atoms with Gasteiger partial charge in [-0.25, -0.2) is 0 Å². The molecule has 3 heteroatoms. The minimum Gasteiger partial charge on any atom is -0.330 e. The van der Waals surface area contributed by atoms with Crippen LogP contribution < -0.4 is 5.32 Å². The maximum atomic E-state index is 11.6. The number of hydrogen-bond acceptors (Lipinski definition) is 2. The van der Waals surface area contributed by atoms with Crippen molar-refractivity contribution >= 4 is 11.7 Å². The maximum Gasteiger partial charge on any atom is 0.221 e. The predicted molar refractivity (Wildman–Crippen MR) is 56.8 cm³/mol. The van der Waals surface area contributed by atoms with Gasteiger partial charge >= 0.3 is 0 Å². The average Bonchev–Trinajstić information content (AvgIpc) is 2.49. The van der Waals surface area contributed by atoms with Gasteiger partial charge in [-0.2, -0.15) is 0 Å². The van der Waals surface area contributed by atoms with Crippen molar-refractivity contribution in [1.29, 1.82) is 0 Å². The van der Waals surface area contributed by atoms with Gasteiger partial charge in [0.15, 0.2) is 0 Å². The lowest BCUT2D eigenvalue weighted by atomic mass is 9.91. The van der Waals surface area contributed by atoms with Gasteiger partial charge < -0.3 is 5.32 Å². The van der Waals surface area contributed by atoms with E-state index in [1.807, 2.05) is 0 Å². The Morgan fingerprint density at radius 1 is 1.33 bits per heavy atom. The lowest BCUT2D eigenvalue weighted by molar-refractivity contribution is -0.121. The molecule has 2 aliphatic rings. The number of fused-ring (bicyclic) bond motifs is 1. The Kier molecular flexibility index (Phi) is 2.04. The van der Waals surface area contributed by atoms with Crippen molar-refractivity contribution in [1.82, 2.24) is 5.32 Å². The molecule has 0 radical (unpaired) electrons. The molecule has 0 heterocycles. The van der Waals surface area contributed by atoms with E-state index in [4.69, 9.17) is 0 Å². The zero-order chi connectivity index (χ0) is 11.4. The third-order valence-electron chi connectivity index (χ3n) is 3.81. The first kappa shape index (κ1) is 10.4. The molecule has 82 valence electrons. The molecule has 3 nitrogen and oxygen atoms in total. The molecule has 0 bridgehead atoms. The van der Waals surface area contributed by atoms with Crippen molar-refractivity contribution in [3.05, 3.63) is 11.8 Å². The molecule has 1 saturated carbocycles. The Morgan fingerprint density at radius 2 is 1.93 bits per heavy atom. The van der Waals surface area contributed by atoms with Crippen LogP contribution in [0.25, 0.3) is 0 Å². The smallest absolute Gasteiger partial charge is 0.221 e. The van der Waals surface area contributed by atoms with Gasteiger partial charge in [0.25, 0.3) is 0 Å². The van der Waals surface area contributed by atoms with Crippen LogP contribution in [0.4, 0.5) is 0 Å². The summed E-state index contributed by atoms with van der Waals surface area (Å²) in [5.74, 6) is 0.846. The van der Waals surface area contributed by atoms with Crippen LogP contribution >= 0.6 is 0 Å². The molecule has 2 aliphatic carbocycles. The van der Waals surface area contributed by atoms with E-state index in [1.165, 1.54) is 6.92 Å². The van der Waals surface area contributed by atoms with E-state index in [0.29, 0.717) is 11.8 Å². The van der Waals surface area contributed by atoms with Gasteiger partial charge in [-0.15, -0.1) is 0 Å². The maximum absolute atomic E-state index is 11.6. The molecule has 1 N–H and O–H groups in total. The van der Waals surface area contributed by atoms with Crippen molar-refractivity contribution < 1.29 is 9.59 Å². The second-order valence-electron chi connectivity index (χ2n) is 5.26. The highest BCUT2D eigenvalue weighted by atomic mass is 16.1. The monoisotopic (exact) mass is 207 g/mol. The highest BCUT2D eigenvalue weighted by molar-refractivity contribution is 5.85. The quantitative estimate of drug-likeness (QED) is 0.745. The lowest BCUT2D eigenvalue weighted by Crippen LogP contribution is -2.29. The average molecular weight is 207 g/mol. The van der Waals surface area contributed by atoms with Gasteiger partial charge in [-0.3, -0.25) is 9.59 Å². The van der Waals surface area contributed by atoms with E-state index in [0.717, 1.165) is 5.70 Å². The molecule has 3 atom stereocenters. The van der Waals surface area contributed by atoms with E-state index >= 15 is 0 Å². The first-order valence-corrected chi connectivity index (χ1v) is 5.35. The highest BCUT2D eigenvalue weighted by Gasteiger charge is 2.65. The largest absolute Gasteiger partial charge is 0.330 e. The zero-order valence-electron chi connectivity index (χ0n) is 9.63. The second-order valence-corrected chi connectivity index (χ2v) is 5.26. The number of hydrogen-bond donors (Lipinski definition) is 1. The Morgan fingerprint density at radius 3 is 2.40 bits per heavy atom. The Labute approximate surface area is 89.9 Å². The molecule has 2 rings (SSSR count). The molecule has 0 aromatic carbocycles. The molecule has 0 aromatic rings. The first-order valence-electron chi connectivity index (χ1n) is 5.35. The molecule has 1 amide bonds. The Balaban J connectivity index is 2.23. The number of amides is 1. The third kappa shape index (κ3) is 1.41. The molecular formula is C12H17NO2. The minimum absolute atomic E-state index is 0.0890. The number of carbonyl (C=O) groups excluding carboxylic acids is 2. The Hall–Kier alpha value is -1.12. The van der Waals surface area contributed by atoms with Crippen molar-refractivity contribution in [3.8, 4) is 0 Å². The van der Waals surface area contributed by atoms with E-state index < -0.39 is 0 Å². The van der Waals surface area contributed by atoms with Crippen molar-refractivity contribution in [2.75, 3.05) is 0 Å². The number of Topliss-reactive ketones (excluding diaryl/α,β-unsaturated/α-hetero) is 1. The summed E-state index contributed by atoms with van der Waals surface area (Å²) >= 11 is 0. The molecule has 0 saturated heterocycles. The normalized spacial score (nSPS) is 35.5. The molecular weight excluding hydrogens is 190 g/mol. The summed E-state index contributed by atoms with van der Waals surface area (Å²) in [6.07, 6.45) is 2.07. The Bertz CT molecular complexity index is 368. The van der Waals surface area contributed by atoms with Crippen LogP contribution in [-0.4, -0.2) is 11.7 Å². The van der Waals surface area contributed by atoms with Crippen LogP contribution in [0.2, 0.25) is 0 Å². The SMILES string of the molecule is CC(=O)NC1=C[C@@H]2[C@H]([C@@H]1C(C)=O)C2(C)C. The summed E-state index contributed by atoms with van der Waals surface area (Å²) in [5.41, 5.74) is 1.06. The summed E-state index contributed by atoms with van der Waals surface area (Å²) in [6.45, 7) is 7.45. The molecule has 0 unspecified atom stereocenters. The first-order chi connectivity index (χ1) is 6.85. The van der Waals surface area contributed by atoms with Gasteiger partial charge in [-0.1, -0.05) is 19.9 Å². The summed E-state index contributed by atoms with van der Waals surface area (Å²) in [6, 6.07) is 0. The van der Waals surface area contributed by atoms with E-state index in [-0.39, 0.29) is 23.0 Å². The van der Waals surface area contributed by atoms with Gasteiger partial charge in [0, 0.05) is 12.6 Å². The van der Waals surface area contributed by atoms with E-state index in [1.54, 1.807) is 6.92 Å². The van der Waals surface area contributed by atoms with Gasteiger partial charge in [-0.05, 0) is 24.2 Å². The predicted octanol–water partition coefficient (Wildman–Crippen LogP) is 1.50. The topological polar surface area (TPSA) is 46.2 Å². The number of allylic oxidation sites excluding steroid dienone is 2. The van der Waals surface area contributed by atoms with Gasteiger partial charge in [0.2, 0.25) is 5.91 Å². The number of ketones is 1. The molecule has 0 aromatic heterocycles. The summed E-state index contributed by atoms with van der Waals surface area (Å²) in [4.78, 5) is 22.6. The summed E-state index contributed by atoms with van der Waals surface area (Å²) in [7, 11) is 0.